The highest BCUT2D eigenvalue weighted by Crippen LogP contribution is 2.47. The summed E-state index contributed by atoms with van der Waals surface area (Å²) in [6.45, 7) is 5.58. The summed E-state index contributed by atoms with van der Waals surface area (Å²) in [7, 11) is 2.19. The van der Waals surface area contributed by atoms with E-state index in [-0.39, 0.29) is 0 Å². The Morgan fingerprint density at radius 1 is 1.31 bits per heavy atom. The minimum atomic E-state index is 0.874. The Labute approximate surface area is 81.1 Å². The molecule has 0 aromatic heterocycles. The van der Waals surface area contributed by atoms with E-state index in [0.717, 1.165) is 18.4 Å². The lowest BCUT2D eigenvalue weighted by Gasteiger charge is -2.25. The van der Waals surface area contributed by atoms with Gasteiger partial charge in [0.15, 0.2) is 0 Å². The summed E-state index contributed by atoms with van der Waals surface area (Å²) in [5.74, 6) is 1.77. The van der Waals surface area contributed by atoms with Crippen LogP contribution in [-0.4, -0.2) is 18.5 Å². The minimum absolute atomic E-state index is 0.874. The average molecular weight is 177 g/mol. The third-order valence-electron chi connectivity index (χ3n) is 3.27. The van der Waals surface area contributed by atoms with Gasteiger partial charge in [-0.05, 0) is 37.2 Å². The van der Waals surface area contributed by atoms with Crippen molar-refractivity contribution in [2.45, 2.75) is 26.7 Å². The van der Waals surface area contributed by atoms with Crippen LogP contribution in [0.5, 0.6) is 0 Å². The highest BCUT2D eigenvalue weighted by molar-refractivity contribution is 5.38. The van der Waals surface area contributed by atoms with E-state index in [1.165, 1.54) is 18.5 Å². The highest BCUT2D eigenvalue weighted by atomic mass is 15.1. The first-order valence-electron chi connectivity index (χ1n) is 5.40. The second-order valence-electron chi connectivity index (χ2n) is 4.17. The van der Waals surface area contributed by atoms with Crippen molar-refractivity contribution in [3.63, 3.8) is 0 Å². The lowest BCUT2D eigenvalue weighted by Crippen LogP contribution is -2.19. The van der Waals surface area contributed by atoms with Gasteiger partial charge >= 0.3 is 0 Å². The molecular weight excluding hydrogens is 158 g/mol. The molecule has 72 valence electrons. The molecular formula is C12H19N. The molecule has 0 bridgehead atoms. The van der Waals surface area contributed by atoms with Gasteiger partial charge in [0.1, 0.15) is 0 Å². The van der Waals surface area contributed by atoms with Crippen LogP contribution in [0.4, 0.5) is 0 Å². The predicted octanol–water partition coefficient (Wildman–Crippen LogP) is 2.81. The second-order valence-corrected chi connectivity index (χ2v) is 4.17. The number of rotatable bonds is 3. The summed E-state index contributed by atoms with van der Waals surface area (Å²) in [4.78, 5) is 2.36. The molecule has 2 aliphatic rings. The fourth-order valence-corrected chi connectivity index (χ4v) is 2.11. The van der Waals surface area contributed by atoms with E-state index in [4.69, 9.17) is 0 Å². The van der Waals surface area contributed by atoms with Crippen LogP contribution in [0, 0.1) is 11.8 Å². The van der Waals surface area contributed by atoms with Crippen molar-refractivity contribution in [3.8, 4) is 0 Å². The lowest BCUT2D eigenvalue weighted by atomic mass is 10.0. The normalized spacial score (nSPS) is 30.4. The lowest BCUT2D eigenvalue weighted by molar-refractivity contribution is 0.441. The molecule has 2 atom stereocenters. The van der Waals surface area contributed by atoms with E-state index in [2.05, 4.69) is 37.9 Å². The van der Waals surface area contributed by atoms with Crippen molar-refractivity contribution in [1.29, 1.82) is 0 Å². The van der Waals surface area contributed by atoms with Gasteiger partial charge in [-0.3, -0.25) is 0 Å². The smallest absolute Gasteiger partial charge is 0.0355 e. The Morgan fingerprint density at radius 3 is 2.62 bits per heavy atom. The first kappa shape index (κ1) is 8.86. The van der Waals surface area contributed by atoms with Gasteiger partial charge in [-0.1, -0.05) is 19.1 Å². The number of nitrogens with zero attached hydrogens (tertiary/aromatic N) is 1. The van der Waals surface area contributed by atoms with Gasteiger partial charge in [0.05, 0.1) is 0 Å². The molecule has 0 heterocycles. The van der Waals surface area contributed by atoms with E-state index in [0.29, 0.717) is 0 Å². The van der Waals surface area contributed by atoms with Crippen LogP contribution in [0.15, 0.2) is 23.4 Å². The van der Waals surface area contributed by atoms with Crippen LogP contribution in [0.25, 0.3) is 0 Å². The molecule has 0 radical (unpaired) electrons. The zero-order valence-corrected chi connectivity index (χ0v) is 8.88. The summed E-state index contributed by atoms with van der Waals surface area (Å²) in [5.41, 5.74) is 3.05. The Kier molecular flexibility index (Phi) is 2.19. The van der Waals surface area contributed by atoms with Crippen LogP contribution in [0.1, 0.15) is 26.7 Å². The SMILES string of the molecule is CCC1=CC2CC2C=C1N(C)CC. The summed E-state index contributed by atoms with van der Waals surface area (Å²) in [6.07, 6.45) is 7.54. The molecule has 0 N–H and O–H groups in total. The molecule has 2 rings (SSSR count). The number of allylic oxidation sites excluding steroid dienone is 3. The topological polar surface area (TPSA) is 3.24 Å². The number of hydrogen-bond acceptors (Lipinski definition) is 1. The summed E-state index contributed by atoms with van der Waals surface area (Å²) in [6, 6.07) is 0. The Hall–Kier alpha value is -0.720. The van der Waals surface area contributed by atoms with Crippen molar-refractivity contribution in [1.82, 2.24) is 4.90 Å². The number of likely N-dealkylation sites (N-methyl/N-ethyl adjacent to an activating group) is 1. The van der Waals surface area contributed by atoms with Gasteiger partial charge < -0.3 is 4.90 Å². The average Bonchev–Trinajstić information content (AvgIpc) is 2.92. The van der Waals surface area contributed by atoms with E-state index in [1.807, 2.05) is 0 Å². The van der Waals surface area contributed by atoms with Crippen LogP contribution in [0.2, 0.25) is 0 Å². The van der Waals surface area contributed by atoms with Gasteiger partial charge in [0, 0.05) is 19.3 Å². The first-order chi connectivity index (χ1) is 6.26. The van der Waals surface area contributed by atoms with Gasteiger partial charge in [-0.25, -0.2) is 0 Å². The number of hydrogen-bond donors (Lipinski definition) is 0. The molecule has 1 fully saturated rings. The third-order valence-corrected chi connectivity index (χ3v) is 3.27. The van der Waals surface area contributed by atoms with E-state index < -0.39 is 0 Å². The molecule has 1 saturated carbocycles. The summed E-state index contributed by atoms with van der Waals surface area (Å²) < 4.78 is 0. The molecule has 0 aromatic carbocycles. The van der Waals surface area contributed by atoms with Crippen molar-refractivity contribution in [3.05, 3.63) is 23.4 Å². The van der Waals surface area contributed by atoms with Gasteiger partial charge in [0.2, 0.25) is 0 Å². The molecule has 0 aliphatic heterocycles. The van der Waals surface area contributed by atoms with Crippen molar-refractivity contribution in [2.24, 2.45) is 11.8 Å². The highest BCUT2D eigenvalue weighted by Gasteiger charge is 2.37. The fraction of sp³-hybridized carbons (Fsp3) is 0.667. The van der Waals surface area contributed by atoms with Crippen molar-refractivity contribution >= 4 is 0 Å². The number of fused-ring (bicyclic) bond motifs is 1. The molecule has 1 heteroatoms. The third kappa shape index (κ3) is 1.52. The molecule has 13 heavy (non-hydrogen) atoms. The van der Waals surface area contributed by atoms with Gasteiger partial charge in [0.25, 0.3) is 0 Å². The van der Waals surface area contributed by atoms with Crippen LogP contribution >= 0.6 is 0 Å². The Morgan fingerprint density at radius 2 is 2.00 bits per heavy atom. The Bertz CT molecular complexity index is 262. The largest absolute Gasteiger partial charge is 0.375 e. The molecule has 0 saturated heterocycles. The predicted molar refractivity (Wildman–Crippen MR) is 56.4 cm³/mol. The molecule has 2 aliphatic carbocycles. The summed E-state index contributed by atoms with van der Waals surface area (Å²) >= 11 is 0. The quantitative estimate of drug-likeness (QED) is 0.640. The fourth-order valence-electron chi connectivity index (χ4n) is 2.11. The maximum Gasteiger partial charge on any atom is 0.0355 e. The van der Waals surface area contributed by atoms with Crippen molar-refractivity contribution in [2.75, 3.05) is 13.6 Å². The molecule has 2 unspecified atom stereocenters. The molecule has 0 spiro atoms. The standard InChI is InChI=1S/C12H19N/c1-4-9-6-10-7-11(10)8-12(9)13(3)5-2/h6,8,10-11H,4-5,7H2,1-3H3. The molecule has 0 aromatic rings. The molecule has 1 nitrogen and oxygen atoms in total. The maximum absolute atomic E-state index is 2.49. The van der Waals surface area contributed by atoms with Crippen LogP contribution in [0.3, 0.4) is 0 Å². The van der Waals surface area contributed by atoms with Crippen LogP contribution < -0.4 is 0 Å². The zero-order valence-electron chi connectivity index (χ0n) is 8.88. The maximum atomic E-state index is 2.49. The van der Waals surface area contributed by atoms with Crippen LogP contribution in [-0.2, 0) is 0 Å². The Balaban J connectivity index is 2.19. The minimum Gasteiger partial charge on any atom is -0.375 e. The van der Waals surface area contributed by atoms with E-state index >= 15 is 0 Å². The monoisotopic (exact) mass is 177 g/mol. The van der Waals surface area contributed by atoms with E-state index in [9.17, 15) is 0 Å². The molecule has 0 amide bonds. The van der Waals surface area contributed by atoms with Crippen molar-refractivity contribution < 1.29 is 0 Å². The zero-order chi connectivity index (χ0) is 9.42. The van der Waals surface area contributed by atoms with E-state index in [1.54, 1.807) is 5.57 Å². The second kappa shape index (κ2) is 3.21. The van der Waals surface area contributed by atoms with Gasteiger partial charge in [-0.2, -0.15) is 0 Å². The van der Waals surface area contributed by atoms with Gasteiger partial charge in [-0.15, -0.1) is 0 Å². The summed E-state index contributed by atoms with van der Waals surface area (Å²) in [5, 5.41) is 0. The first-order valence-corrected chi connectivity index (χ1v) is 5.40.